The van der Waals surface area contributed by atoms with E-state index < -0.39 is 70.1 Å². The molecule has 0 amide bonds. The lowest BCUT2D eigenvalue weighted by Gasteiger charge is -2.67. The summed E-state index contributed by atoms with van der Waals surface area (Å²) in [6.07, 6.45) is 0.281. The Kier molecular flexibility index (Phi) is 4.70. The Morgan fingerprint density at radius 2 is 1.94 bits per heavy atom. The van der Waals surface area contributed by atoms with Crippen LogP contribution in [0, 0.1) is 16.7 Å². The molecule has 35 heavy (non-hydrogen) atoms. The lowest BCUT2D eigenvalue weighted by atomic mass is 9.41. The molecule has 0 radical (unpaired) electrons. The number of hydrogen-bond acceptors (Lipinski definition) is 9. The van der Waals surface area contributed by atoms with Crippen molar-refractivity contribution in [1.29, 1.82) is 0 Å². The van der Waals surface area contributed by atoms with E-state index >= 15 is 0 Å². The van der Waals surface area contributed by atoms with Gasteiger partial charge in [0.25, 0.3) is 0 Å². The van der Waals surface area contributed by atoms with Gasteiger partial charge in [0.05, 0.1) is 18.5 Å². The van der Waals surface area contributed by atoms with Crippen LogP contribution in [0.25, 0.3) is 0 Å². The van der Waals surface area contributed by atoms with Crippen LogP contribution in [-0.4, -0.2) is 68.1 Å². The number of fused-ring (bicyclic) bond motifs is 7. The van der Waals surface area contributed by atoms with Gasteiger partial charge < -0.3 is 34.3 Å². The molecule has 0 aromatic carbocycles. The van der Waals surface area contributed by atoms with Crippen LogP contribution in [0.5, 0.6) is 0 Å². The molecule has 0 bridgehead atoms. The lowest BCUT2D eigenvalue weighted by molar-refractivity contribution is -0.308. The Morgan fingerprint density at radius 3 is 2.60 bits per heavy atom. The Morgan fingerprint density at radius 1 is 1.20 bits per heavy atom. The van der Waals surface area contributed by atoms with E-state index in [2.05, 4.69) is 0 Å². The van der Waals surface area contributed by atoms with E-state index in [4.69, 9.17) is 13.9 Å². The van der Waals surface area contributed by atoms with Crippen LogP contribution in [0.15, 0.2) is 39.3 Å². The Labute approximate surface area is 202 Å². The normalized spacial score (nSPS) is 51.9. The maximum atomic E-state index is 12.5. The second-order valence-electron chi connectivity index (χ2n) is 11.6. The molecular formula is C26H32O9. The molecule has 0 spiro atoms. The van der Waals surface area contributed by atoms with Gasteiger partial charge in [0.15, 0.2) is 0 Å². The van der Waals surface area contributed by atoms with E-state index in [0.29, 0.717) is 17.6 Å². The minimum atomic E-state index is -1.73. The van der Waals surface area contributed by atoms with Crippen molar-refractivity contribution in [2.45, 2.75) is 94.1 Å². The van der Waals surface area contributed by atoms with Gasteiger partial charge in [-0.2, -0.15) is 0 Å². The van der Waals surface area contributed by atoms with E-state index in [1.807, 2.05) is 6.92 Å². The van der Waals surface area contributed by atoms with Gasteiger partial charge >= 0.3 is 11.6 Å². The summed E-state index contributed by atoms with van der Waals surface area (Å²) in [5.74, 6) is -1.49. The van der Waals surface area contributed by atoms with Crippen LogP contribution in [0.2, 0.25) is 0 Å². The second-order valence-corrected chi connectivity index (χ2v) is 11.6. The molecule has 2 heterocycles. The van der Waals surface area contributed by atoms with Crippen LogP contribution in [0.3, 0.4) is 0 Å². The highest BCUT2D eigenvalue weighted by atomic mass is 16.6. The molecule has 1 aliphatic heterocycles. The average molecular weight is 489 g/mol. The van der Waals surface area contributed by atoms with Crippen LogP contribution in [0.1, 0.15) is 57.9 Å². The van der Waals surface area contributed by atoms with Crippen molar-refractivity contribution in [3.63, 3.8) is 0 Å². The zero-order valence-electron chi connectivity index (χ0n) is 20.0. The summed E-state index contributed by atoms with van der Waals surface area (Å²) in [6, 6.07) is 2.96. The fourth-order valence-electron chi connectivity index (χ4n) is 8.53. The maximum absolute atomic E-state index is 12.5. The summed E-state index contributed by atoms with van der Waals surface area (Å²) < 4.78 is 16.6. The number of ether oxygens (including phenoxy) is 2. The van der Waals surface area contributed by atoms with Crippen LogP contribution < -0.4 is 5.63 Å². The number of aliphatic hydroxyl groups excluding tert-OH is 2. The molecule has 1 aromatic rings. The number of aliphatic hydroxyl groups is 4. The number of esters is 1. The second kappa shape index (κ2) is 7.04. The van der Waals surface area contributed by atoms with E-state index in [-0.39, 0.29) is 25.2 Å². The van der Waals surface area contributed by atoms with E-state index in [1.54, 1.807) is 19.1 Å². The predicted octanol–water partition coefficient (Wildman–Crippen LogP) is 0.776. The summed E-state index contributed by atoms with van der Waals surface area (Å²) in [7, 11) is 0. The maximum Gasteiger partial charge on any atom is 0.335 e. The van der Waals surface area contributed by atoms with Gasteiger partial charge in [0.1, 0.15) is 29.5 Å². The molecule has 11 atom stereocenters. The van der Waals surface area contributed by atoms with Gasteiger partial charge in [-0.1, -0.05) is 13.8 Å². The van der Waals surface area contributed by atoms with Crippen LogP contribution in [0.4, 0.5) is 0 Å². The van der Waals surface area contributed by atoms with Crippen molar-refractivity contribution in [1.82, 2.24) is 0 Å². The first-order chi connectivity index (χ1) is 16.4. The van der Waals surface area contributed by atoms with Crippen LogP contribution in [-0.2, 0) is 14.3 Å². The third-order valence-electron chi connectivity index (χ3n) is 10.3. The standard InChI is InChI=1S/C26H32O9/c1-12(27)34-17-10-25(31)18(23(2)15(17)8-16(28)21-22(23)35-21)9-19(29)24(3)14(6-7-26(24,25)32)13-4-5-20(30)33-11-13/h4-5,8,11,14,16-19,21-22,28-29,31-32H,6-7,9-10H2,1-3H3/t14-,16+,17+,18-,19+,21-,22-,23-,24-,25-,26+/m0/s1. The van der Waals surface area contributed by atoms with E-state index in [1.165, 1.54) is 19.3 Å². The topological polar surface area (TPSA) is 150 Å². The van der Waals surface area contributed by atoms with Gasteiger partial charge in [-0.15, -0.1) is 0 Å². The number of carbonyl (C=O) groups is 1. The molecule has 0 unspecified atom stereocenters. The monoisotopic (exact) mass is 488 g/mol. The zero-order chi connectivity index (χ0) is 25.1. The molecule has 5 aliphatic rings. The smallest absolute Gasteiger partial charge is 0.335 e. The summed E-state index contributed by atoms with van der Waals surface area (Å²) in [5.41, 5.74) is -4.59. The highest BCUT2D eigenvalue weighted by Crippen LogP contribution is 2.73. The summed E-state index contributed by atoms with van der Waals surface area (Å²) >= 11 is 0. The van der Waals surface area contributed by atoms with Crippen molar-refractivity contribution < 1.29 is 39.1 Å². The number of rotatable bonds is 2. The Hall–Kier alpha value is -2.04. The number of hydrogen-bond donors (Lipinski definition) is 4. The number of carbonyl (C=O) groups excluding carboxylic acids is 1. The first-order valence-corrected chi connectivity index (χ1v) is 12.3. The molecule has 6 rings (SSSR count). The molecule has 190 valence electrons. The van der Waals surface area contributed by atoms with Gasteiger partial charge in [-0.3, -0.25) is 4.79 Å². The van der Waals surface area contributed by atoms with E-state index in [9.17, 15) is 30.0 Å². The minimum absolute atomic E-state index is 0.0574. The van der Waals surface area contributed by atoms with Crippen molar-refractivity contribution in [3.8, 4) is 0 Å². The molecule has 1 saturated heterocycles. The highest BCUT2D eigenvalue weighted by molar-refractivity contribution is 5.67. The third-order valence-corrected chi connectivity index (χ3v) is 10.3. The molecule has 9 nitrogen and oxygen atoms in total. The lowest BCUT2D eigenvalue weighted by Crippen LogP contribution is -2.77. The van der Waals surface area contributed by atoms with Crippen molar-refractivity contribution in [3.05, 3.63) is 46.0 Å². The van der Waals surface area contributed by atoms with E-state index in [0.717, 1.165) is 0 Å². The van der Waals surface area contributed by atoms with Crippen molar-refractivity contribution in [2.75, 3.05) is 0 Å². The third kappa shape index (κ3) is 2.71. The quantitative estimate of drug-likeness (QED) is 0.269. The molecule has 1 aromatic heterocycles. The van der Waals surface area contributed by atoms with Gasteiger partial charge in [-0.25, -0.2) is 4.79 Å². The number of epoxide rings is 1. The highest BCUT2D eigenvalue weighted by Gasteiger charge is 2.80. The van der Waals surface area contributed by atoms with Gasteiger partial charge in [0, 0.05) is 36.2 Å². The summed E-state index contributed by atoms with van der Waals surface area (Å²) in [6.45, 7) is 4.99. The Balaban J connectivity index is 1.50. The molecule has 3 saturated carbocycles. The fourth-order valence-corrected chi connectivity index (χ4v) is 8.53. The predicted molar refractivity (Wildman–Crippen MR) is 120 cm³/mol. The average Bonchev–Trinajstić information content (AvgIpc) is 3.55. The fraction of sp³-hybridized carbons (Fsp3) is 0.692. The largest absolute Gasteiger partial charge is 0.458 e. The SMILES string of the molecule is CC(=O)O[C@@H]1C[C@]2(O)[C@@H](C[C@@H](O)[C@]3(C)[C@H](c4ccc(=O)oc4)CC[C@@]32O)[C@]2(C)C1=C[C@@H](O)[C@@H]1O[C@@H]12. The first-order valence-electron chi connectivity index (χ1n) is 12.3. The summed E-state index contributed by atoms with van der Waals surface area (Å²) in [4.78, 5) is 23.6. The molecule has 4 aliphatic carbocycles. The molecular weight excluding hydrogens is 456 g/mol. The first kappa shape index (κ1) is 23.4. The van der Waals surface area contributed by atoms with Crippen molar-refractivity contribution >= 4 is 5.97 Å². The summed E-state index contributed by atoms with van der Waals surface area (Å²) in [5, 5.41) is 47.1. The minimum Gasteiger partial charge on any atom is -0.458 e. The van der Waals surface area contributed by atoms with Crippen LogP contribution >= 0.6 is 0 Å². The van der Waals surface area contributed by atoms with Gasteiger partial charge in [-0.05, 0) is 48.5 Å². The van der Waals surface area contributed by atoms with Gasteiger partial charge in [0.2, 0.25) is 0 Å². The molecule has 9 heteroatoms. The molecule has 4 fully saturated rings. The molecule has 4 N–H and O–H groups in total. The van der Waals surface area contributed by atoms with Crippen molar-refractivity contribution in [2.24, 2.45) is 16.7 Å². The zero-order valence-corrected chi connectivity index (χ0v) is 20.0. The Bertz CT molecular complexity index is 1160.